The van der Waals surface area contributed by atoms with Crippen molar-refractivity contribution in [3.63, 3.8) is 0 Å². The molecule has 0 bridgehead atoms. The Morgan fingerprint density at radius 3 is 2.32 bits per heavy atom. The van der Waals surface area contributed by atoms with Crippen LogP contribution in [0, 0.1) is 0 Å². The van der Waals surface area contributed by atoms with Crippen LogP contribution in [0.1, 0.15) is 33.3 Å². The lowest BCUT2D eigenvalue weighted by molar-refractivity contribution is 0.0549. The maximum absolute atomic E-state index is 12.6. The molecular weight excluding hydrogens is 360 g/mol. The van der Waals surface area contributed by atoms with Crippen molar-refractivity contribution < 1.29 is 24.2 Å². The van der Waals surface area contributed by atoms with E-state index in [9.17, 15) is 14.7 Å². The summed E-state index contributed by atoms with van der Waals surface area (Å²) >= 11 is 0. The van der Waals surface area contributed by atoms with Crippen LogP contribution in [0.2, 0.25) is 0 Å². The normalized spacial score (nSPS) is 10.5. The zero-order valence-corrected chi connectivity index (χ0v) is 15.8. The standard InChI is InChI=1S/C21H20N2O5/c1-4-13-10-11-16(24)15(12-13)18-17(20(25)27-2)19(21(26)28-3)23(22-18)14-8-6-5-7-9-14/h5-12,24H,4H2,1-3H3. The van der Waals surface area contributed by atoms with Gasteiger partial charge in [0, 0.05) is 5.56 Å². The van der Waals surface area contributed by atoms with Crippen LogP contribution < -0.4 is 0 Å². The summed E-state index contributed by atoms with van der Waals surface area (Å²) in [4.78, 5) is 25.1. The molecule has 0 aliphatic carbocycles. The van der Waals surface area contributed by atoms with Crippen molar-refractivity contribution in [2.24, 2.45) is 0 Å². The molecule has 0 unspecified atom stereocenters. The number of phenolic OH excluding ortho intramolecular Hbond substituents is 1. The van der Waals surface area contributed by atoms with Crippen LogP contribution in [-0.4, -0.2) is 41.0 Å². The highest BCUT2D eigenvalue weighted by Crippen LogP contribution is 2.35. The summed E-state index contributed by atoms with van der Waals surface area (Å²) in [5.74, 6) is -1.55. The molecule has 0 aliphatic heterocycles. The molecule has 0 saturated heterocycles. The van der Waals surface area contributed by atoms with Gasteiger partial charge in [0.2, 0.25) is 0 Å². The molecule has 1 aromatic heterocycles. The first-order chi connectivity index (χ1) is 13.5. The van der Waals surface area contributed by atoms with E-state index >= 15 is 0 Å². The van der Waals surface area contributed by atoms with Crippen LogP contribution in [0.15, 0.2) is 48.5 Å². The fraction of sp³-hybridized carbons (Fsp3) is 0.190. The number of carbonyl (C=O) groups excluding carboxylic acids is 2. The molecule has 0 atom stereocenters. The fourth-order valence-electron chi connectivity index (χ4n) is 2.94. The van der Waals surface area contributed by atoms with Crippen molar-refractivity contribution in [1.29, 1.82) is 0 Å². The summed E-state index contributed by atoms with van der Waals surface area (Å²) in [7, 11) is 2.44. The number of esters is 2. The first-order valence-electron chi connectivity index (χ1n) is 8.69. The quantitative estimate of drug-likeness (QED) is 0.683. The molecule has 0 amide bonds. The van der Waals surface area contributed by atoms with Crippen molar-refractivity contribution >= 4 is 11.9 Å². The third-order valence-corrected chi connectivity index (χ3v) is 4.38. The molecular formula is C21H20N2O5. The third kappa shape index (κ3) is 3.34. The Morgan fingerprint density at radius 1 is 1.04 bits per heavy atom. The van der Waals surface area contributed by atoms with E-state index in [0.717, 1.165) is 12.0 Å². The predicted molar refractivity (Wildman–Crippen MR) is 103 cm³/mol. The number of hydrogen-bond acceptors (Lipinski definition) is 6. The SMILES string of the molecule is CCc1ccc(O)c(-c2nn(-c3ccccc3)c(C(=O)OC)c2C(=O)OC)c1. The van der Waals surface area contributed by atoms with Crippen LogP contribution in [0.3, 0.4) is 0 Å². The Morgan fingerprint density at radius 2 is 1.71 bits per heavy atom. The van der Waals surface area contributed by atoms with Gasteiger partial charge in [-0.1, -0.05) is 31.2 Å². The molecule has 0 saturated carbocycles. The minimum Gasteiger partial charge on any atom is -0.507 e. The highest BCUT2D eigenvalue weighted by atomic mass is 16.5. The topological polar surface area (TPSA) is 90.7 Å². The molecule has 1 N–H and O–H groups in total. The molecule has 3 rings (SSSR count). The van der Waals surface area contributed by atoms with Gasteiger partial charge in [0.05, 0.1) is 19.9 Å². The Labute approximate surface area is 162 Å². The first kappa shape index (κ1) is 19.2. The number of aromatic nitrogens is 2. The second kappa shape index (κ2) is 7.96. The summed E-state index contributed by atoms with van der Waals surface area (Å²) in [6.45, 7) is 1.97. The van der Waals surface area contributed by atoms with E-state index in [0.29, 0.717) is 11.3 Å². The second-order valence-electron chi connectivity index (χ2n) is 6.01. The average molecular weight is 380 g/mol. The Balaban J connectivity index is 2.39. The average Bonchev–Trinajstić information content (AvgIpc) is 3.14. The highest BCUT2D eigenvalue weighted by molar-refractivity contribution is 6.07. The van der Waals surface area contributed by atoms with Gasteiger partial charge >= 0.3 is 11.9 Å². The van der Waals surface area contributed by atoms with Gasteiger partial charge in [-0.05, 0) is 36.2 Å². The van der Waals surface area contributed by atoms with Crippen LogP contribution in [0.4, 0.5) is 0 Å². The van der Waals surface area contributed by atoms with E-state index in [-0.39, 0.29) is 22.7 Å². The molecule has 3 aromatic rings. The van der Waals surface area contributed by atoms with Crippen molar-refractivity contribution in [3.8, 4) is 22.7 Å². The summed E-state index contributed by atoms with van der Waals surface area (Å²) in [6, 6.07) is 13.9. The molecule has 0 aliphatic rings. The van der Waals surface area contributed by atoms with E-state index in [4.69, 9.17) is 9.47 Å². The smallest absolute Gasteiger partial charge is 0.357 e. The van der Waals surface area contributed by atoms with Gasteiger partial charge in [-0.3, -0.25) is 0 Å². The molecule has 7 heteroatoms. The van der Waals surface area contributed by atoms with Gasteiger partial charge in [-0.2, -0.15) is 5.10 Å². The number of rotatable bonds is 5. The number of hydrogen-bond donors (Lipinski definition) is 1. The van der Waals surface area contributed by atoms with E-state index in [2.05, 4.69) is 5.10 Å². The molecule has 0 spiro atoms. The van der Waals surface area contributed by atoms with Crippen LogP contribution in [0.5, 0.6) is 5.75 Å². The van der Waals surface area contributed by atoms with Gasteiger partial charge < -0.3 is 14.6 Å². The molecule has 2 aromatic carbocycles. The largest absolute Gasteiger partial charge is 0.507 e. The van der Waals surface area contributed by atoms with Crippen molar-refractivity contribution in [2.45, 2.75) is 13.3 Å². The number of para-hydroxylation sites is 1. The monoisotopic (exact) mass is 380 g/mol. The van der Waals surface area contributed by atoms with E-state index in [1.165, 1.54) is 25.0 Å². The number of methoxy groups -OCH3 is 2. The molecule has 144 valence electrons. The Bertz CT molecular complexity index is 1020. The van der Waals surface area contributed by atoms with E-state index in [1.807, 2.05) is 13.0 Å². The lowest BCUT2D eigenvalue weighted by Gasteiger charge is -2.07. The summed E-state index contributed by atoms with van der Waals surface area (Å²) in [5, 5.41) is 14.9. The van der Waals surface area contributed by atoms with Gasteiger partial charge in [-0.15, -0.1) is 0 Å². The molecule has 7 nitrogen and oxygen atoms in total. The van der Waals surface area contributed by atoms with Crippen molar-refractivity contribution in [1.82, 2.24) is 9.78 Å². The highest BCUT2D eigenvalue weighted by Gasteiger charge is 2.32. The van der Waals surface area contributed by atoms with Gasteiger partial charge in [0.25, 0.3) is 0 Å². The second-order valence-corrected chi connectivity index (χ2v) is 6.01. The number of benzene rings is 2. The van der Waals surface area contributed by atoms with Gasteiger partial charge in [0.15, 0.2) is 5.69 Å². The molecule has 28 heavy (non-hydrogen) atoms. The number of nitrogens with zero attached hydrogens (tertiary/aromatic N) is 2. The molecule has 0 fully saturated rings. The zero-order chi connectivity index (χ0) is 20.3. The van der Waals surface area contributed by atoms with E-state index in [1.54, 1.807) is 36.4 Å². The van der Waals surface area contributed by atoms with E-state index < -0.39 is 11.9 Å². The minimum atomic E-state index is -0.751. The Kier molecular flexibility index (Phi) is 5.44. The van der Waals surface area contributed by atoms with Crippen LogP contribution >= 0.6 is 0 Å². The number of aromatic hydroxyl groups is 1. The first-order valence-corrected chi connectivity index (χ1v) is 8.69. The third-order valence-electron chi connectivity index (χ3n) is 4.38. The van der Waals surface area contributed by atoms with Gasteiger partial charge in [-0.25, -0.2) is 14.3 Å². The van der Waals surface area contributed by atoms with Crippen LogP contribution in [0.25, 0.3) is 16.9 Å². The lowest BCUT2D eigenvalue weighted by Crippen LogP contribution is -2.15. The fourth-order valence-corrected chi connectivity index (χ4v) is 2.94. The number of phenols is 1. The summed E-state index contributed by atoms with van der Waals surface area (Å²) in [6.07, 6.45) is 0.726. The predicted octanol–water partition coefficient (Wildman–Crippen LogP) is 3.38. The number of carbonyl (C=O) groups is 2. The Hall–Kier alpha value is -3.61. The van der Waals surface area contributed by atoms with Crippen LogP contribution in [-0.2, 0) is 15.9 Å². The zero-order valence-electron chi connectivity index (χ0n) is 15.8. The van der Waals surface area contributed by atoms with Crippen molar-refractivity contribution in [3.05, 3.63) is 65.4 Å². The summed E-state index contributed by atoms with van der Waals surface area (Å²) < 4.78 is 11.1. The lowest BCUT2D eigenvalue weighted by atomic mass is 10.0. The molecule has 0 radical (unpaired) electrons. The molecule has 1 heterocycles. The van der Waals surface area contributed by atoms with Gasteiger partial charge in [0.1, 0.15) is 17.0 Å². The maximum atomic E-state index is 12.6. The maximum Gasteiger partial charge on any atom is 0.357 e. The number of aryl methyl sites for hydroxylation is 1. The minimum absolute atomic E-state index is 0.0588. The van der Waals surface area contributed by atoms with Crippen molar-refractivity contribution in [2.75, 3.05) is 14.2 Å². The summed E-state index contributed by atoms with van der Waals surface area (Å²) in [5.41, 5.74) is 1.84. The number of ether oxygens (including phenoxy) is 2.